The van der Waals surface area contributed by atoms with E-state index in [-0.39, 0.29) is 5.97 Å². The standard InChI is InChI=1S/C12H17BrO3S/c1-3-5-8(12(15)16-4-2)10(14)11-9(13)6-7-17-11/h6-8,10,14H,3-5H2,1-2H3. The van der Waals surface area contributed by atoms with Gasteiger partial charge in [-0.3, -0.25) is 4.79 Å². The number of hydrogen-bond donors (Lipinski definition) is 1. The van der Waals surface area contributed by atoms with Crippen molar-refractivity contribution in [3.8, 4) is 0 Å². The Labute approximate surface area is 114 Å². The van der Waals surface area contributed by atoms with Crippen LogP contribution in [0.3, 0.4) is 0 Å². The van der Waals surface area contributed by atoms with E-state index in [9.17, 15) is 9.90 Å². The van der Waals surface area contributed by atoms with E-state index in [1.807, 2.05) is 18.4 Å². The molecule has 1 aromatic heterocycles. The van der Waals surface area contributed by atoms with Crippen LogP contribution in [0.5, 0.6) is 0 Å². The normalized spacial score (nSPS) is 14.4. The van der Waals surface area contributed by atoms with Gasteiger partial charge in [0, 0.05) is 9.35 Å². The Kier molecular flexibility index (Phi) is 6.16. The van der Waals surface area contributed by atoms with Crippen molar-refractivity contribution in [1.29, 1.82) is 0 Å². The van der Waals surface area contributed by atoms with Gasteiger partial charge in [0.2, 0.25) is 0 Å². The van der Waals surface area contributed by atoms with Crippen molar-refractivity contribution in [3.63, 3.8) is 0 Å². The van der Waals surface area contributed by atoms with Crippen molar-refractivity contribution in [2.75, 3.05) is 6.61 Å². The molecule has 0 saturated heterocycles. The first kappa shape index (κ1) is 14.7. The molecule has 3 nitrogen and oxygen atoms in total. The topological polar surface area (TPSA) is 46.5 Å². The van der Waals surface area contributed by atoms with Crippen LogP contribution >= 0.6 is 27.3 Å². The first-order valence-electron chi connectivity index (χ1n) is 5.69. The third-order valence-corrected chi connectivity index (χ3v) is 4.43. The molecular weight excluding hydrogens is 304 g/mol. The summed E-state index contributed by atoms with van der Waals surface area (Å²) in [5, 5.41) is 12.1. The van der Waals surface area contributed by atoms with E-state index in [1.54, 1.807) is 6.92 Å². The molecule has 96 valence electrons. The number of ether oxygens (including phenoxy) is 1. The lowest BCUT2D eigenvalue weighted by Gasteiger charge is -2.20. The number of aliphatic hydroxyl groups excluding tert-OH is 1. The zero-order chi connectivity index (χ0) is 12.8. The summed E-state index contributed by atoms with van der Waals surface area (Å²) in [5.41, 5.74) is 0. The fourth-order valence-electron chi connectivity index (χ4n) is 1.66. The average Bonchev–Trinajstić information content (AvgIpc) is 2.71. The summed E-state index contributed by atoms with van der Waals surface area (Å²) in [6.07, 6.45) is 0.678. The molecule has 2 atom stereocenters. The van der Waals surface area contributed by atoms with Crippen molar-refractivity contribution in [3.05, 3.63) is 20.8 Å². The molecule has 1 rings (SSSR count). The summed E-state index contributed by atoms with van der Waals surface area (Å²) in [5.74, 6) is -0.794. The smallest absolute Gasteiger partial charge is 0.311 e. The highest BCUT2D eigenvalue weighted by Crippen LogP contribution is 2.35. The number of hydrogen-bond acceptors (Lipinski definition) is 4. The predicted molar refractivity (Wildman–Crippen MR) is 72.0 cm³/mol. The second kappa shape index (κ2) is 7.13. The lowest BCUT2D eigenvalue weighted by atomic mass is 9.96. The van der Waals surface area contributed by atoms with Crippen LogP contribution in [0.4, 0.5) is 0 Å². The van der Waals surface area contributed by atoms with E-state index < -0.39 is 12.0 Å². The Bertz CT molecular complexity index is 364. The number of thiophene rings is 1. The molecule has 2 unspecified atom stereocenters. The maximum Gasteiger partial charge on any atom is 0.311 e. The van der Waals surface area contributed by atoms with Crippen molar-refractivity contribution in [2.45, 2.75) is 32.8 Å². The van der Waals surface area contributed by atoms with Gasteiger partial charge in [-0.2, -0.15) is 0 Å². The minimum atomic E-state index is -0.789. The van der Waals surface area contributed by atoms with Gasteiger partial charge >= 0.3 is 5.97 Å². The third kappa shape index (κ3) is 3.79. The van der Waals surface area contributed by atoms with Gasteiger partial charge in [-0.05, 0) is 40.7 Å². The molecule has 0 radical (unpaired) electrons. The van der Waals surface area contributed by atoms with Gasteiger partial charge in [-0.15, -0.1) is 11.3 Å². The van der Waals surface area contributed by atoms with Gasteiger partial charge in [-0.1, -0.05) is 13.3 Å². The molecule has 0 aliphatic rings. The largest absolute Gasteiger partial charge is 0.466 e. The number of aliphatic hydroxyl groups is 1. The SMILES string of the molecule is CCCC(C(=O)OCC)C(O)c1sccc1Br. The van der Waals surface area contributed by atoms with Crippen LogP contribution in [-0.4, -0.2) is 17.7 Å². The quantitative estimate of drug-likeness (QED) is 0.816. The number of carbonyl (C=O) groups is 1. The molecule has 0 spiro atoms. The van der Waals surface area contributed by atoms with E-state index in [0.29, 0.717) is 13.0 Å². The second-order valence-corrected chi connectivity index (χ2v) is 5.53. The monoisotopic (exact) mass is 320 g/mol. The van der Waals surface area contributed by atoms with Crippen LogP contribution in [-0.2, 0) is 9.53 Å². The van der Waals surface area contributed by atoms with Gasteiger partial charge in [0.25, 0.3) is 0 Å². The molecule has 0 aromatic carbocycles. The highest BCUT2D eigenvalue weighted by molar-refractivity contribution is 9.10. The first-order valence-corrected chi connectivity index (χ1v) is 7.36. The van der Waals surface area contributed by atoms with E-state index in [0.717, 1.165) is 15.8 Å². The van der Waals surface area contributed by atoms with E-state index >= 15 is 0 Å². The molecule has 17 heavy (non-hydrogen) atoms. The molecule has 0 aliphatic carbocycles. The maximum absolute atomic E-state index is 11.8. The van der Waals surface area contributed by atoms with E-state index in [4.69, 9.17) is 4.74 Å². The summed E-state index contributed by atoms with van der Waals surface area (Å²) >= 11 is 4.82. The fourth-order valence-corrected chi connectivity index (χ4v) is 3.32. The van der Waals surface area contributed by atoms with Crippen LogP contribution in [0.2, 0.25) is 0 Å². The predicted octanol–water partition coefficient (Wildman–Crippen LogP) is 3.52. The molecule has 0 saturated carbocycles. The Morgan fingerprint density at radius 3 is 2.76 bits per heavy atom. The average molecular weight is 321 g/mol. The zero-order valence-electron chi connectivity index (χ0n) is 9.98. The fraction of sp³-hybridized carbons (Fsp3) is 0.583. The zero-order valence-corrected chi connectivity index (χ0v) is 12.4. The van der Waals surface area contributed by atoms with Crippen molar-refractivity contribution < 1.29 is 14.6 Å². The van der Waals surface area contributed by atoms with Crippen molar-refractivity contribution in [1.82, 2.24) is 0 Å². The molecule has 0 bridgehead atoms. The minimum absolute atomic E-state index is 0.317. The summed E-state index contributed by atoms with van der Waals surface area (Å²) in [6.45, 7) is 4.11. The Morgan fingerprint density at radius 2 is 2.29 bits per heavy atom. The van der Waals surface area contributed by atoms with E-state index in [1.165, 1.54) is 11.3 Å². The van der Waals surface area contributed by atoms with Gasteiger partial charge in [0.1, 0.15) is 6.10 Å². The number of esters is 1. The molecule has 1 aromatic rings. The van der Waals surface area contributed by atoms with E-state index in [2.05, 4.69) is 15.9 Å². The molecule has 1 N–H and O–H groups in total. The van der Waals surface area contributed by atoms with Crippen molar-refractivity contribution in [2.24, 2.45) is 5.92 Å². The number of halogens is 1. The van der Waals surface area contributed by atoms with Crippen LogP contribution in [0, 0.1) is 5.92 Å². The summed E-state index contributed by atoms with van der Waals surface area (Å²) < 4.78 is 5.85. The molecule has 0 amide bonds. The van der Waals surface area contributed by atoms with Gasteiger partial charge in [0.15, 0.2) is 0 Å². The summed E-state index contributed by atoms with van der Waals surface area (Å²) in [4.78, 5) is 12.6. The van der Waals surface area contributed by atoms with Crippen LogP contribution in [0.15, 0.2) is 15.9 Å². The molecule has 1 heterocycles. The third-order valence-electron chi connectivity index (χ3n) is 2.48. The van der Waals surface area contributed by atoms with Crippen LogP contribution < -0.4 is 0 Å². The first-order chi connectivity index (χ1) is 8.11. The Balaban J connectivity index is 2.83. The lowest BCUT2D eigenvalue weighted by Crippen LogP contribution is -2.24. The number of carbonyl (C=O) groups excluding carboxylic acids is 1. The van der Waals surface area contributed by atoms with Crippen LogP contribution in [0.25, 0.3) is 0 Å². The molecular formula is C12H17BrO3S. The number of rotatable bonds is 6. The molecule has 5 heteroatoms. The van der Waals surface area contributed by atoms with Crippen LogP contribution in [0.1, 0.15) is 37.7 Å². The maximum atomic E-state index is 11.8. The van der Waals surface area contributed by atoms with Crippen molar-refractivity contribution >= 4 is 33.2 Å². The lowest BCUT2D eigenvalue weighted by molar-refractivity contribution is -0.152. The second-order valence-electron chi connectivity index (χ2n) is 3.72. The highest BCUT2D eigenvalue weighted by atomic mass is 79.9. The van der Waals surface area contributed by atoms with Gasteiger partial charge < -0.3 is 9.84 Å². The van der Waals surface area contributed by atoms with Gasteiger partial charge in [-0.25, -0.2) is 0 Å². The minimum Gasteiger partial charge on any atom is -0.466 e. The summed E-state index contributed by atoms with van der Waals surface area (Å²) in [7, 11) is 0. The summed E-state index contributed by atoms with van der Waals surface area (Å²) in [6, 6.07) is 1.87. The molecule has 0 aliphatic heterocycles. The Hall–Kier alpha value is -0.390. The van der Waals surface area contributed by atoms with Gasteiger partial charge in [0.05, 0.1) is 12.5 Å². The molecule has 0 fully saturated rings. The highest BCUT2D eigenvalue weighted by Gasteiger charge is 2.30. The Morgan fingerprint density at radius 1 is 1.59 bits per heavy atom.